The highest BCUT2D eigenvalue weighted by Crippen LogP contribution is 2.39. The number of rotatable bonds is 2. The van der Waals surface area contributed by atoms with E-state index in [0.29, 0.717) is 0 Å². The Bertz CT molecular complexity index is 817. The van der Waals surface area contributed by atoms with Crippen LogP contribution in [0.5, 0.6) is 0 Å². The maximum absolute atomic E-state index is 13.7. The third-order valence-electron chi connectivity index (χ3n) is 6.65. The predicted octanol–water partition coefficient (Wildman–Crippen LogP) is 3.18. The summed E-state index contributed by atoms with van der Waals surface area (Å²) in [5, 5.41) is 9.88. The standard InChI is InChI=1S/C20H26B2F3NO4/c1-16(2)17(3,4)28-21(27-16)14-9-12(20(23,24)25)10-15(13(14)11-26)22-29-18(5,6)19(7,8)30-22/h9-10H,1-8H3. The Hall–Kier alpha value is -1.53. The molecular weight excluding hydrogens is 397 g/mol. The highest BCUT2D eigenvalue weighted by Gasteiger charge is 2.55. The van der Waals surface area contributed by atoms with Crippen molar-refractivity contribution < 1.29 is 31.8 Å². The largest absolute Gasteiger partial charge is 0.496 e. The first-order valence-electron chi connectivity index (χ1n) is 9.78. The SMILES string of the molecule is CC1(C)OB(c2cc(C(F)(F)F)cc(B3OC(C)(C)C(C)(C)O3)c2C#N)OC1(C)C. The molecular formula is C20H26B2F3NO4. The number of hydrogen-bond donors (Lipinski definition) is 0. The molecule has 162 valence electrons. The molecule has 0 unspecified atom stereocenters. The van der Waals surface area contributed by atoms with E-state index in [4.69, 9.17) is 18.6 Å². The van der Waals surface area contributed by atoms with E-state index in [1.807, 2.05) is 6.07 Å². The van der Waals surface area contributed by atoms with Crippen molar-refractivity contribution in [3.05, 3.63) is 23.3 Å². The molecule has 0 bridgehead atoms. The summed E-state index contributed by atoms with van der Waals surface area (Å²) in [5.74, 6) is 0. The summed E-state index contributed by atoms with van der Waals surface area (Å²) in [6.07, 6.45) is -4.63. The second-order valence-electron chi connectivity index (χ2n) is 9.82. The Morgan fingerprint density at radius 3 is 1.27 bits per heavy atom. The number of halogens is 3. The number of alkyl halides is 3. The van der Waals surface area contributed by atoms with Crippen LogP contribution in [0.25, 0.3) is 0 Å². The van der Waals surface area contributed by atoms with E-state index in [2.05, 4.69) is 0 Å². The van der Waals surface area contributed by atoms with Crippen molar-refractivity contribution in [2.24, 2.45) is 0 Å². The van der Waals surface area contributed by atoms with Crippen LogP contribution >= 0.6 is 0 Å². The molecule has 10 heteroatoms. The Morgan fingerprint density at radius 2 is 1.03 bits per heavy atom. The first kappa shape index (κ1) is 23.1. The maximum Gasteiger partial charge on any atom is 0.496 e. The van der Waals surface area contributed by atoms with Gasteiger partial charge in [0.05, 0.1) is 39.6 Å². The molecule has 3 rings (SSSR count). The van der Waals surface area contributed by atoms with Crippen molar-refractivity contribution >= 4 is 25.2 Å². The molecule has 0 N–H and O–H groups in total. The topological polar surface area (TPSA) is 60.7 Å². The minimum absolute atomic E-state index is 0. The Labute approximate surface area is 176 Å². The Kier molecular flexibility index (Phi) is 5.19. The van der Waals surface area contributed by atoms with E-state index < -0.39 is 48.4 Å². The van der Waals surface area contributed by atoms with E-state index in [0.717, 1.165) is 12.1 Å². The first-order chi connectivity index (χ1) is 13.4. The molecule has 0 radical (unpaired) electrons. The molecule has 30 heavy (non-hydrogen) atoms. The Balaban J connectivity index is 2.18. The zero-order valence-corrected chi connectivity index (χ0v) is 18.5. The van der Waals surface area contributed by atoms with Gasteiger partial charge < -0.3 is 18.6 Å². The van der Waals surface area contributed by atoms with Gasteiger partial charge >= 0.3 is 20.4 Å². The van der Waals surface area contributed by atoms with Gasteiger partial charge in [-0.2, -0.15) is 18.4 Å². The fraction of sp³-hybridized carbons (Fsp3) is 0.650. The van der Waals surface area contributed by atoms with Crippen LogP contribution in [0.2, 0.25) is 0 Å². The summed E-state index contributed by atoms with van der Waals surface area (Å²) in [5.41, 5.74) is -4.00. The van der Waals surface area contributed by atoms with Gasteiger partial charge in [-0.3, -0.25) is 0 Å². The van der Waals surface area contributed by atoms with E-state index in [-0.39, 0.29) is 16.5 Å². The lowest BCUT2D eigenvalue weighted by Gasteiger charge is -2.32. The van der Waals surface area contributed by atoms with Gasteiger partial charge in [0.25, 0.3) is 0 Å². The molecule has 1 aromatic carbocycles. The van der Waals surface area contributed by atoms with Crippen LogP contribution in [-0.2, 0) is 24.8 Å². The van der Waals surface area contributed by atoms with Crippen LogP contribution < -0.4 is 10.9 Å². The summed E-state index contributed by atoms with van der Waals surface area (Å²) in [6, 6.07) is 3.84. The van der Waals surface area contributed by atoms with Gasteiger partial charge in [-0.05, 0) is 67.5 Å². The maximum atomic E-state index is 13.7. The van der Waals surface area contributed by atoms with E-state index in [1.165, 1.54) is 0 Å². The quantitative estimate of drug-likeness (QED) is 0.685. The Morgan fingerprint density at radius 1 is 0.733 bits per heavy atom. The molecule has 2 aliphatic heterocycles. The van der Waals surface area contributed by atoms with Gasteiger partial charge in [-0.25, -0.2) is 0 Å². The number of nitriles is 1. The smallest absolute Gasteiger partial charge is 0.399 e. The van der Waals surface area contributed by atoms with Crippen LogP contribution in [0.15, 0.2) is 12.1 Å². The average Bonchev–Trinajstić information content (AvgIpc) is 2.92. The third-order valence-corrected chi connectivity index (χ3v) is 6.65. The molecule has 2 fully saturated rings. The van der Waals surface area contributed by atoms with Gasteiger partial charge in [-0.1, -0.05) is 0 Å². The lowest BCUT2D eigenvalue weighted by atomic mass is 9.67. The van der Waals surface area contributed by atoms with Gasteiger partial charge in [-0.15, -0.1) is 0 Å². The summed E-state index contributed by atoms with van der Waals surface area (Å²) in [7, 11) is -2.26. The number of benzene rings is 1. The molecule has 0 aliphatic carbocycles. The predicted molar refractivity (Wildman–Crippen MR) is 108 cm³/mol. The highest BCUT2D eigenvalue weighted by atomic mass is 19.4. The molecule has 0 saturated carbocycles. The molecule has 0 spiro atoms. The molecule has 5 nitrogen and oxygen atoms in total. The molecule has 2 aliphatic rings. The van der Waals surface area contributed by atoms with Crippen LogP contribution in [0.4, 0.5) is 13.2 Å². The molecule has 0 atom stereocenters. The van der Waals surface area contributed by atoms with E-state index in [9.17, 15) is 18.4 Å². The third kappa shape index (κ3) is 3.66. The van der Waals surface area contributed by atoms with Gasteiger partial charge in [0.15, 0.2) is 0 Å². The summed E-state index contributed by atoms with van der Waals surface area (Å²) in [4.78, 5) is 0. The first-order valence-corrected chi connectivity index (χ1v) is 9.78. The average molecular weight is 423 g/mol. The van der Waals surface area contributed by atoms with Crippen LogP contribution in [0.1, 0.15) is 66.5 Å². The number of hydrogen-bond acceptors (Lipinski definition) is 5. The lowest BCUT2D eigenvalue weighted by molar-refractivity contribution is -0.137. The van der Waals surface area contributed by atoms with Crippen molar-refractivity contribution in [2.75, 3.05) is 0 Å². The van der Waals surface area contributed by atoms with Crippen molar-refractivity contribution in [1.82, 2.24) is 0 Å². The number of nitrogens with zero attached hydrogens (tertiary/aromatic N) is 1. The van der Waals surface area contributed by atoms with Crippen LogP contribution in [0.3, 0.4) is 0 Å². The van der Waals surface area contributed by atoms with Gasteiger partial charge in [0, 0.05) is 10.9 Å². The van der Waals surface area contributed by atoms with Crippen molar-refractivity contribution in [2.45, 2.75) is 84.0 Å². The van der Waals surface area contributed by atoms with Crippen molar-refractivity contribution in [3.63, 3.8) is 0 Å². The highest BCUT2D eigenvalue weighted by molar-refractivity contribution is 6.67. The summed E-state index contributed by atoms with van der Waals surface area (Å²) in [6.45, 7) is 14.3. The second-order valence-corrected chi connectivity index (χ2v) is 9.82. The second kappa shape index (κ2) is 6.73. The van der Waals surface area contributed by atoms with Crippen LogP contribution in [0, 0.1) is 11.3 Å². The van der Waals surface area contributed by atoms with Gasteiger partial charge in [0.1, 0.15) is 0 Å². The fourth-order valence-electron chi connectivity index (χ4n) is 3.29. The molecule has 1 aromatic rings. The van der Waals surface area contributed by atoms with E-state index in [1.54, 1.807) is 55.4 Å². The molecule has 2 heterocycles. The van der Waals surface area contributed by atoms with E-state index >= 15 is 0 Å². The summed E-state index contributed by atoms with van der Waals surface area (Å²) < 4.78 is 64.9. The van der Waals surface area contributed by atoms with Crippen LogP contribution in [-0.4, -0.2) is 36.6 Å². The molecule has 2 saturated heterocycles. The van der Waals surface area contributed by atoms with Crippen molar-refractivity contribution in [3.8, 4) is 6.07 Å². The monoisotopic (exact) mass is 423 g/mol. The minimum atomic E-state index is -4.63. The normalized spacial score (nSPS) is 24.2. The molecule has 0 amide bonds. The fourth-order valence-corrected chi connectivity index (χ4v) is 3.29. The zero-order valence-electron chi connectivity index (χ0n) is 18.5. The van der Waals surface area contributed by atoms with Gasteiger partial charge in [0.2, 0.25) is 0 Å². The lowest BCUT2D eigenvalue weighted by Crippen LogP contribution is -2.45. The molecule has 0 aromatic heterocycles. The minimum Gasteiger partial charge on any atom is -0.399 e. The zero-order chi connectivity index (χ0) is 22.9. The van der Waals surface area contributed by atoms with Crippen molar-refractivity contribution in [1.29, 1.82) is 5.26 Å². The summed E-state index contributed by atoms with van der Waals surface area (Å²) >= 11 is 0.